The van der Waals surface area contributed by atoms with Crippen LogP contribution in [-0.4, -0.2) is 16.2 Å². The molecule has 1 aromatic rings. The van der Waals surface area contributed by atoms with E-state index in [0.717, 1.165) is 37.0 Å². The summed E-state index contributed by atoms with van der Waals surface area (Å²) in [5.74, 6) is 2.41. The van der Waals surface area contributed by atoms with Gasteiger partial charge >= 0.3 is 0 Å². The Bertz CT molecular complexity index is 781. The predicted octanol–water partition coefficient (Wildman–Crippen LogP) is 5.48. The molecule has 4 aliphatic rings. The quantitative estimate of drug-likeness (QED) is 0.705. The van der Waals surface area contributed by atoms with Gasteiger partial charge in [0.1, 0.15) is 0 Å². The topological polar surface area (TPSA) is 33.1 Å². The summed E-state index contributed by atoms with van der Waals surface area (Å²) in [5.41, 5.74) is 5.13. The molecule has 2 fully saturated rings. The molecule has 0 aromatic carbocycles. The van der Waals surface area contributed by atoms with Gasteiger partial charge in [-0.25, -0.2) is 0 Å². The standard InChI is InChI=1S/C25H33NO/c1-24-12-10-20(27)16-18(24)6-8-21-22-9-7-17(15-19-5-3-4-14-26-19)25(22,2)13-11-23(21)24/h3-7,14,20-23,27H,8-13,15-16H2,1-2H3/t20-,21-,22-,23-,24-,25+/m0/s1. The van der Waals surface area contributed by atoms with Gasteiger partial charge in [0.2, 0.25) is 0 Å². The fourth-order valence-corrected chi connectivity index (χ4v) is 7.27. The van der Waals surface area contributed by atoms with E-state index in [1.165, 1.54) is 37.8 Å². The summed E-state index contributed by atoms with van der Waals surface area (Å²) in [6.45, 7) is 5.06. The third-order valence-corrected chi connectivity index (χ3v) is 8.92. The van der Waals surface area contributed by atoms with Gasteiger partial charge in [0, 0.05) is 18.3 Å². The third-order valence-electron chi connectivity index (χ3n) is 8.92. The summed E-state index contributed by atoms with van der Waals surface area (Å²) in [4.78, 5) is 4.59. The normalized spacial score (nSPS) is 43.2. The first-order valence-corrected chi connectivity index (χ1v) is 11.0. The van der Waals surface area contributed by atoms with Gasteiger partial charge in [-0.15, -0.1) is 0 Å². The molecular formula is C25H33NO. The Morgan fingerprint density at radius 3 is 2.70 bits per heavy atom. The Morgan fingerprint density at radius 1 is 1.04 bits per heavy atom. The lowest BCUT2D eigenvalue weighted by atomic mass is 9.47. The summed E-state index contributed by atoms with van der Waals surface area (Å²) in [5, 5.41) is 10.2. The van der Waals surface area contributed by atoms with Crippen LogP contribution < -0.4 is 0 Å². The summed E-state index contributed by atoms with van der Waals surface area (Å²) in [7, 11) is 0. The fraction of sp³-hybridized carbons (Fsp3) is 0.640. The number of aromatic nitrogens is 1. The highest BCUT2D eigenvalue weighted by molar-refractivity contribution is 5.32. The Kier molecular flexibility index (Phi) is 4.13. The molecule has 2 heteroatoms. The number of pyridine rings is 1. The molecule has 0 unspecified atom stereocenters. The van der Waals surface area contributed by atoms with Crippen LogP contribution in [0.4, 0.5) is 0 Å². The summed E-state index contributed by atoms with van der Waals surface area (Å²) in [6.07, 6.45) is 16.2. The maximum absolute atomic E-state index is 10.2. The maximum Gasteiger partial charge on any atom is 0.0577 e. The molecule has 0 saturated heterocycles. The van der Waals surface area contributed by atoms with E-state index in [1.807, 2.05) is 12.3 Å². The largest absolute Gasteiger partial charge is 0.393 e. The first-order chi connectivity index (χ1) is 13.0. The Morgan fingerprint density at radius 2 is 1.89 bits per heavy atom. The van der Waals surface area contributed by atoms with Gasteiger partial charge < -0.3 is 5.11 Å². The molecule has 4 aliphatic carbocycles. The Hall–Kier alpha value is -1.41. The zero-order valence-corrected chi connectivity index (χ0v) is 16.8. The Labute approximate surface area is 163 Å². The van der Waals surface area contributed by atoms with Crippen LogP contribution in [0.5, 0.6) is 0 Å². The van der Waals surface area contributed by atoms with E-state index in [2.05, 4.69) is 43.1 Å². The molecule has 1 heterocycles. The number of hydrogen-bond donors (Lipinski definition) is 1. The molecule has 2 nitrogen and oxygen atoms in total. The minimum Gasteiger partial charge on any atom is -0.393 e. The smallest absolute Gasteiger partial charge is 0.0577 e. The summed E-state index contributed by atoms with van der Waals surface area (Å²) < 4.78 is 0. The molecule has 144 valence electrons. The van der Waals surface area contributed by atoms with E-state index in [4.69, 9.17) is 0 Å². The SMILES string of the molecule is C[C@]12CC[C@H](O)CC1=CC[C@@H]1[C@@H]2CC[C@]2(C)C(Cc3ccccn3)=CC[C@@H]12. The second-order valence-corrected chi connectivity index (χ2v) is 10.1. The van der Waals surface area contributed by atoms with Crippen molar-refractivity contribution in [1.29, 1.82) is 0 Å². The number of rotatable bonds is 2. The second kappa shape index (κ2) is 6.30. The van der Waals surface area contributed by atoms with Crippen LogP contribution in [0.3, 0.4) is 0 Å². The molecule has 1 aromatic heterocycles. The van der Waals surface area contributed by atoms with Gasteiger partial charge in [-0.3, -0.25) is 4.98 Å². The van der Waals surface area contributed by atoms with Crippen molar-refractivity contribution >= 4 is 0 Å². The minimum absolute atomic E-state index is 0.104. The number of allylic oxidation sites excluding steroid dienone is 3. The van der Waals surface area contributed by atoms with E-state index in [0.29, 0.717) is 10.8 Å². The molecule has 0 amide bonds. The third kappa shape index (κ3) is 2.67. The molecule has 2 saturated carbocycles. The minimum atomic E-state index is -0.104. The molecule has 0 bridgehead atoms. The zero-order chi connectivity index (χ0) is 18.6. The highest BCUT2D eigenvalue weighted by Gasteiger charge is 2.56. The number of fused-ring (bicyclic) bond motifs is 5. The van der Waals surface area contributed by atoms with E-state index >= 15 is 0 Å². The lowest BCUT2D eigenvalue weighted by Crippen LogP contribution is -2.50. The van der Waals surface area contributed by atoms with Crippen molar-refractivity contribution in [1.82, 2.24) is 4.98 Å². The van der Waals surface area contributed by atoms with Crippen molar-refractivity contribution in [3.8, 4) is 0 Å². The van der Waals surface area contributed by atoms with Crippen LogP contribution in [0.1, 0.15) is 64.5 Å². The molecule has 27 heavy (non-hydrogen) atoms. The molecule has 0 spiro atoms. The van der Waals surface area contributed by atoms with Gasteiger partial charge in [0.25, 0.3) is 0 Å². The lowest BCUT2D eigenvalue weighted by Gasteiger charge is -2.57. The van der Waals surface area contributed by atoms with Crippen molar-refractivity contribution in [3.63, 3.8) is 0 Å². The van der Waals surface area contributed by atoms with Crippen LogP contribution >= 0.6 is 0 Å². The number of aliphatic hydroxyl groups excluding tert-OH is 1. The second-order valence-electron chi connectivity index (χ2n) is 10.1. The lowest BCUT2D eigenvalue weighted by molar-refractivity contribution is -0.0298. The molecule has 0 radical (unpaired) electrons. The Balaban J connectivity index is 1.41. The van der Waals surface area contributed by atoms with E-state index < -0.39 is 0 Å². The van der Waals surface area contributed by atoms with Crippen LogP contribution in [0.25, 0.3) is 0 Å². The van der Waals surface area contributed by atoms with Crippen LogP contribution in [0.15, 0.2) is 47.7 Å². The first kappa shape index (κ1) is 17.7. The van der Waals surface area contributed by atoms with Gasteiger partial charge in [-0.05, 0) is 85.7 Å². The van der Waals surface area contributed by atoms with E-state index in [1.54, 1.807) is 11.1 Å². The van der Waals surface area contributed by atoms with Crippen molar-refractivity contribution in [2.24, 2.45) is 28.6 Å². The average Bonchev–Trinajstić information content (AvgIpc) is 3.00. The number of aliphatic hydroxyl groups is 1. The number of nitrogens with zero attached hydrogens (tertiary/aromatic N) is 1. The van der Waals surface area contributed by atoms with Crippen LogP contribution in [-0.2, 0) is 6.42 Å². The first-order valence-electron chi connectivity index (χ1n) is 11.0. The van der Waals surface area contributed by atoms with Gasteiger partial charge in [0.15, 0.2) is 0 Å². The van der Waals surface area contributed by atoms with Gasteiger partial charge in [-0.1, -0.05) is 43.2 Å². The molecule has 0 aliphatic heterocycles. The highest BCUT2D eigenvalue weighted by atomic mass is 16.3. The summed E-state index contributed by atoms with van der Waals surface area (Å²) >= 11 is 0. The van der Waals surface area contributed by atoms with E-state index in [9.17, 15) is 5.11 Å². The molecule has 5 rings (SSSR count). The fourth-order valence-electron chi connectivity index (χ4n) is 7.27. The van der Waals surface area contributed by atoms with Crippen molar-refractivity contribution < 1.29 is 5.11 Å². The predicted molar refractivity (Wildman–Crippen MR) is 109 cm³/mol. The van der Waals surface area contributed by atoms with Crippen molar-refractivity contribution in [2.45, 2.75) is 71.3 Å². The van der Waals surface area contributed by atoms with Gasteiger partial charge in [-0.2, -0.15) is 0 Å². The summed E-state index contributed by atoms with van der Waals surface area (Å²) in [6, 6.07) is 6.30. The maximum atomic E-state index is 10.2. The highest BCUT2D eigenvalue weighted by Crippen LogP contribution is 2.65. The van der Waals surface area contributed by atoms with Crippen LogP contribution in [0.2, 0.25) is 0 Å². The molecule has 1 N–H and O–H groups in total. The van der Waals surface area contributed by atoms with Crippen molar-refractivity contribution in [3.05, 3.63) is 53.4 Å². The number of hydrogen-bond acceptors (Lipinski definition) is 2. The monoisotopic (exact) mass is 363 g/mol. The zero-order valence-electron chi connectivity index (χ0n) is 16.8. The van der Waals surface area contributed by atoms with Crippen LogP contribution in [0, 0.1) is 28.6 Å². The molecule has 6 atom stereocenters. The van der Waals surface area contributed by atoms with E-state index in [-0.39, 0.29) is 6.10 Å². The average molecular weight is 364 g/mol. The van der Waals surface area contributed by atoms with Crippen molar-refractivity contribution in [2.75, 3.05) is 0 Å². The molecular weight excluding hydrogens is 330 g/mol. The van der Waals surface area contributed by atoms with Gasteiger partial charge in [0.05, 0.1) is 6.10 Å².